The fourth-order valence-electron chi connectivity index (χ4n) is 4.06. The van der Waals surface area contributed by atoms with Crippen LogP contribution in [0.4, 0.5) is 4.79 Å². The molecule has 0 radical (unpaired) electrons. The minimum absolute atomic E-state index is 0.0615. The van der Waals surface area contributed by atoms with E-state index in [2.05, 4.69) is 17.4 Å². The van der Waals surface area contributed by atoms with Gasteiger partial charge in [0.25, 0.3) is 0 Å². The molecule has 1 aliphatic rings. The Kier molecular flexibility index (Phi) is 5.59. The van der Waals surface area contributed by atoms with Crippen LogP contribution in [0.15, 0.2) is 54.6 Å². The van der Waals surface area contributed by atoms with Crippen molar-refractivity contribution in [1.29, 1.82) is 0 Å². The Morgan fingerprint density at radius 1 is 1.07 bits per heavy atom. The second-order valence-corrected chi connectivity index (χ2v) is 8.87. The average molecular weight is 422 g/mol. The van der Waals surface area contributed by atoms with Crippen molar-refractivity contribution >= 4 is 23.4 Å². The fraction of sp³-hybridized carbons (Fsp3) is 0.250. The highest BCUT2D eigenvalue weighted by Crippen LogP contribution is 2.44. The summed E-state index contributed by atoms with van der Waals surface area (Å²) in [5.74, 6) is -1.14. The highest BCUT2D eigenvalue weighted by Gasteiger charge is 2.30. The van der Waals surface area contributed by atoms with Gasteiger partial charge in [0, 0.05) is 22.1 Å². The van der Waals surface area contributed by atoms with Gasteiger partial charge in [-0.2, -0.15) is 0 Å². The molecule has 5 nitrogen and oxygen atoms in total. The molecule has 3 aromatic rings. The van der Waals surface area contributed by atoms with E-state index in [1.54, 1.807) is 11.3 Å². The summed E-state index contributed by atoms with van der Waals surface area (Å²) in [6.45, 7) is 4.09. The molecule has 1 atom stereocenters. The van der Waals surface area contributed by atoms with E-state index in [0.717, 1.165) is 37.6 Å². The highest BCUT2D eigenvalue weighted by molar-refractivity contribution is 7.12. The summed E-state index contributed by atoms with van der Waals surface area (Å²) in [4.78, 5) is 26.2. The predicted octanol–water partition coefficient (Wildman–Crippen LogP) is 4.90. The van der Waals surface area contributed by atoms with E-state index in [4.69, 9.17) is 4.74 Å². The van der Waals surface area contributed by atoms with Crippen LogP contribution in [-0.2, 0) is 16.0 Å². The molecule has 1 aliphatic carbocycles. The number of carbonyl (C=O) groups is 2. The van der Waals surface area contributed by atoms with E-state index in [0.29, 0.717) is 0 Å². The molecule has 0 bridgehead atoms. The number of rotatable bonds is 6. The predicted molar refractivity (Wildman–Crippen MR) is 117 cm³/mol. The zero-order chi connectivity index (χ0) is 21.3. The molecule has 0 spiro atoms. The van der Waals surface area contributed by atoms with Crippen molar-refractivity contribution in [2.24, 2.45) is 0 Å². The first-order valence-electron chi connectivity index (χ1n) is 9.84. The number of amides is 1. The quantitative estimate of drug-likeness (QED) is 0.594. The molecule has 0 aliphatic heterocycles. The molecule has 1 amide bonds. The molecule has 0 saturated heterocycles. The van der Waals surface area contributed by atoms with Crippen LogP contribution in [0.1, 0.15) is 32.4 Å². The second-order valence-electron chi connectivity index (χ2n) is 7.53. The van der Waals surface area contributed by atoms with E-state index >= 15 is 0 Å². The van der Waals surface area contributed by atoms with Crippen molar-refractivity contribution in [3.05, 3.63) is 81.0 Å². The first-order chi connectivity index (χ1) is 14.4. The van der Waals surface area contributed by atoms with Gasteiger partial charge in [-0.25, -0.2) is 9.59 Å². The third kappa shape index (κ3) is 3.96. The summed E-state index contributed by atoms with van der Waals surface area (Å²) in [7, 11) is 0. The lowest BCUT2D eigenvalue weighted by Crippen LogP contribution is -2.42. The van der Waals surface area contributed by atoms with Crippen LogP contribution in [0, 0.1) is 13.8 Å². The van der Waals surface area contributed by atoms with Crippen molar-refractivity contribution in [3.8, 4) is 11.1 Å². The molecule has 4 rings (SSSR count). The Morgan fingerprint density at radius 3 is 2.20 bits per heavy atom. The minimum atomic E-state index is -1.08. The van der Waals surface area contributed by atoms with E-state index in [1.165, 1.54) is 0 Å². The fourth-order valence-corrected chi connectivity index (χ4v) is 5.15. The largest absolute Gasteiger partial charge is 0.480 e. The Morgan fingerprint density at radius 2 is 1.67 bits per heavy atom. The van der Waals surface area contributed by atoms with Crippen LogP contribution in [-0.4, -0.2) is 29.8 Å². The van der Waals surface area contributed by atoms with Gasteiger partial charge in [0.1, 0.15) is 12.6 Å². The molecular weight excluding hydrogens is 398 g/mol. The van der Waals surface area contributed by atoms with E-state index in [9.17, 15) is 14.7 Å². The molecule has 30 heavy (non-hydrogen) atoms. The maximum atomic E-state index is 12.4. The summed E-state index contributed by atoms with van der Waals surface area (Å²) in [5, 5.41) is 12.1. The van der Waals surface area contributed by atoms with E-state index < -0.39 is 18.1 Å². The summed E-state index contributed by atoms with van der Waals surface area (Å²) in [6, 6.07) is 17.2. The van der Waals surface area contributed by atoms with Crippen molar-refractivity contribution < 1.29 is 19.4 Å². The zero-order valence-corrected chi connectivity index (χ0v) is 17.7. The van der Waals surface area contributed by atoms with Crippen molar-refractivity contribution in [2.75, 3.05) is 6.61 Å². The Bertz CT molecular complexity index is 1060. The number of ether oxygens (including phenoxy) is 1. The van der Waals surface area contributed by atoms with Gasteiger partial charge in [0.15, 0.2) is 0 Å². The first kappa shape index (κ1) is 20.2. The number of hydrogen-bond donors (Lipinski definition) is 2. The molecule has 0 fully saturated rings. The highest BCUT2D eigenvalue weighted by atomic mass is 32.1. The molecule has 1 heterocycles. The number of aliphatic carboxylic acids is 1. The summed E-state index contributed by atoms with van der Waals surface area (Å²) >= 11 is 1.55. The third-order valence-electron chi connectivity index (χ3n) is 5.47. The maximum Gasteiger partial charge on any atom is 0.407 e. The lowest BCUT2D eigenvalue weighted by atomic mass is 9.98. The lowest BCUT2D eigenvalue weighted by molar-refractivity contribution is -0.139. The molecule has 1 aromatic heterocycles. The molecule has 0 unspecified atom stereocenters. The number of carboxylic acids is 1. The Labute approximate surface area is 179 Å². The topological polar surface area (TPSA) is 75.6 Å². The van der Waals surface area contributed by atoms with Crippen molar-refractivity contribution in [3.63, 3.8) is 0 Å². The summed E-state index contributed by atoms with van der Waals surface area (Å²) in [5.41, 5.74) is 5.57. The number of hydrogen-bond acceptors (Lipinski definition) is 4. The van der Waals surface area contributed by atoms with Gasteiger partial charge in [-0.05, 0) is 47.7 Å². The molecule has 2 aromatic carbocycles. The van der Waals surface area contributed by atoms with E-state index in [1.807, 2.05) is 56.3 Å². The van der Waals surface area contributed by atoms with E-state index in [-0.39, 0.29) is 18.9 Å². The Hall–Kier alpha value is -3.12. The van der Waals surface area contributed by atoms with Crippen LogP contribution in [0.25, 0.3) is 11.1 Å². The van der Waals surface area contributed by atoms with Gasteiger partial charge in [-0.3, -0.25) is 0 Å². The zero-order valence-electron chi connectivity index (χ0n) is 16.8. The van der Waals surface area contributed by atoms with Crippen LogP contribution in [0.5, 0.6) is 0 Å². The normalized spacial score (nSPS) is 13.4. The maximum absolute atomic E-state index is 12.4. The number of benzene rings is 2. The van der Waals surface area contributed by atoms with Gasteiger partial charge in [-0.1, -0.05) is 48.5 Å². The van der Waals surface area contributed by atoms with Crippen LogP contribution < -0.4 is 5.32 Å². The summed E-state index contributed by atoms with van der Waals surface area (Å²) < 4.78 is 5.48. The third-order valence-corrected chi connectivity index (χ3v) is 6.64. The Balaban J connectivity index is 1.44. The van der Waals surface area contributed by atoms with Gasteiger partial charge in [0.05, 0.1) is 0 Å². The number of carbonyl (C=O) groups excluding carboxylic acids is 1. The first-order valence-corrected chi connectivity index (χ1v) is 10.7. The number of thiophene rings is 1. The smallest absolute Gasteiger partial charge is 0.407 e. The minimum Gasteiger partial charge on any atom is -0.480 e. The lowest BCUT2D eigenvalue weighted by Gasteiger charge is -2.17. The van der Waals surface area contributed by atoms with Gasteiger partial charge in [0.2, 0.25) is 0 Å². The van der Waals surface area contributed by atoms with Gasteiger partial charge in [-0.15, -0.1) is 11.3 Å². The van der Waals surface area contributed by atoms with Crippen molar-refractivity contribution in [1.82, 2.24) is 5.32 Å². The molecular formula is C24H23NO4S. The number of aryl methyl sites for hydroxylation is 2. The molecule has 6 heteroatoms. The number of alkyl carbamates (subject to hydrolysis) is 1. The number of fused-ring (bicyclic) bond motifs is 3. The molecule has 0 saturated carbocycles. The standard InChI is InChI=1S/C24H23NO4S/c1-14-11-15(2)30-22(14)12-21(23(26)27)25-24(28)29-13-20-18-9-5-3-7-16(18)17-8-4-6-10-19(17)20/h3-11,20-21H,12-13H2,1-2H3,(H,25,28)(H,26,27)/t21-/m1/s1. The summed E-state index contributed by atoms with van der Waals surface area (Å²) in [6.07, 6.45) is -0.473. The van der Waals surface area contributed by atoms with Crippen LogP contribution in [0.2, 0.25) is 0 Å². The number of nitrogens with one attached hydrogen (secondary N) is 1. The second kappa shape index (κ2) is 8.32. The van der Waals surface area contributed by atoms with Crippen LogP contribution in [0.3, 0.4) is 0 Å². The van der Waals surface area contributed by atoms with Crippen LogP contribution >= 0.6 is 11.3 Å². The molecule has 2 N–H and O–H groups in total. The average Bonchev–Trinajstić information content (AvgIpc) is 3.22. The van der Waals surface area contributed by atoms with Gasteiger partial charge >= 0.3 is 12.1 Å². The SMILES string of the molecule is Cc1cc(C)c(C[C@@H](NC(=O)OCC2c3ccccc3-c3ccccc32)C(=O)O)s1. The monoisotopic (exact) mass is 421 g/mol. The van der Waals surface area contributed by atoms with Crippen molar-refractivity contribution in [2.45, 2.75) is 32.2 Å². The molecule has 154 valence electrons. The number of carboxylic acid groups (broad SMARTS) is 1. The van der Waals surface area contributed by atoms with Gasteiger partial charge < -0.3 is 15.2 Å².